The molecule has 0 saturated carbocycles. The normalized spacial score (nSPS) is 17.5. The van der Waals surface area contributed by atoms with Gasteiger partial charge in [-0.3, -0.25) is 0 Å². The van der Waals surface area contributed by atoms with Crippen LogP contribution in [0, 0.1) is 5.92 Å². The third-order valence-corrected chi connectivity index (χ3v) is 3.71. The molecule has 0 radical (unpaired) electrons. The van der Waals surface area contributed by atoms with Gasteiger partial charge in [0.25, 0.3) is 0 Å². The van der Waals surface area contributed by atoms with Crippen molar-refractivity contribution in [1.82, 2.24) is 0 Å². The van der Waals surface area contributed by atoms with E-state index in [2.05, 4.69) is 6.07 Å². The highest BCUT2D eigenvalue weighted by molar-refractivity contribution is 5.47. The van der Waals surface area contributed by atoms with Gasteiger partial charge in [-0.05, 0) is 50.7 Å². The van der Waals surface area contributed by atoms with E-state index in [-0.39, 0.29) is 6.04 Å². The molecule has 21 heavy (non-hydrogen) atoms. The molecular weight excluding hydrogens is 266 g/mol. The van der Waals surface area contributed by atoms with Crippen molar-refractivity contribution in [1.29, 1.82) is 0 Å². The van der Waals surface area contributed by atoms with Crippen molar-refractivity contribution in [3.63, 3.8) is 0 Å². The van der Waals surface area contributed by atoms with Crippen molar-refractivity contribution in [3.05, 3.63) is 23.8 Å². The van der Waals surface area contributed by atoms with Crippen LogP contribution in [0.25, 0.3) is 0 Å². The van der Waals surface area contributed by atoms with Gasteiger partial charge in [-0.2, -0.15) is 0 Å². The second-order valence-corrected chi connectivity index (χ2v) is 5.73. The monoisotopic (exact) mass is 293 g/mol. The van der Waals surface area contributed by atoms with E-state index in [1.807, 2.05) is 26.0 Å². The summed E-state index contributed by atoms with van der Waals surface area (Å²) in [7, 11) is 0. The van der Waals surface area contributed by atoms with Crippen molar-refractivity contribution >= 4 is 0 Å². The van der Waals surface area contributed by atoms with Gasteiger partial charge in [-0.15, -0.1) is 0 Å². The average Bonchev–Trinajstić information content (AvgIpc) is 2.47. The lowest BCUT2D eigenvalue weighted by Gasteiger charge is -2.24. The lowest BCUT2D eigenvalue weighted by atomic mass is 10.0. The fraction of sp³-hybridized carbons (Fsp3) is 0.647. The lowest BCUT2D eigenvalue weighted by molar-refractivity contribution is 0.0491. The van der Waals surface area contributed by atoms with Gasteiger partial charge in [0, 0.05) is 19.3 Å². The SMILES string of the molecule is CCOc1cccc(CC(C)N)c1OCC1CCOCC1. The van der Waals surface area contributed by atoms with Gasteiger partial charge in [0.2, 0.25) is 0 Å². The zero-order valence-electron chi connectivity index (χ0n) is 13.1. The number of ether oxygens (including phenoxy) is 3. The van der Waals surface area contributed by atoms with E-state index in [0.29, 0.717) is 12.5 Å². The minimum absolute atomic E-state index is 0.104. The smallest absolute Gasteiger partial charge is 0.164 e. The molecule has 1 atom stereocenters. The summed E-state index contributed by atoms with van der Waals surface area (Å²) >= 11 is 0. The van der Waals surface area contributed by atoms with Gasteiger partial charge in [0.05, 0.1) is 13.2 Å². The van der Waals surface area contributed by atoms with Crippen LogP contribution in [0.5, 0.6) is 11.5 Å². The van der Waals surface area contributed by atoms with E-state index >= 15 is 0 Å². The van der Waals surface area contributed by atoms with Gasteiger partial charge >= 0.3 is 0 Å². The van der Waals surface area contributed by atoms with E-state index in [1.165, 1.54) is 0 Å². The van der Waals surface area contributed by atoms with Crippen LogP contribution in [-0.4, -0.2) is 32.5 Å². The molecule has 4 heteroatoms. The fourth-order valence-corrected chi connectivity index (χ4v) is 2.62. The molecule has 0 aromatic heterocycles. The summed E-state index contributed by atoms with van der Waals surface area (Å²) in [6, 6.07) is 6.15. The van der Waals surface area contributed by atoms with E-state index in [0.717, 1.165) is 56.1 Å². The molecule has 118 valence electrons. The van der Waals surface area contributed by atoms with Gasteiger partial charge in [-0.25, -0.2) is 0 Å². The molecule has 1 heterocycles. The second-order valence-electron chi connectivity index (χ2n) is 5.73. The van der Waals surface area contributed by atoms with E-state index < -0.39 is 0 Å². The van der Waals surface area contributed by atoms with Gasteiger partial charge in [-0.1, -0.05) is 12.1 Å². The topological polar surface area (TPSA) is 53.7 Å². The number of hydrogen-bond donors (Lipinski definition) is 1. The first-order chi connectivity index (χ1) is 10.2. The summed E-state index contributed by atoms with van der Waals surface area (Å²) in [4.78, 5) is 0. The number of rotatable bonds is 7. The predicted octanol–water partition coefficient (Wildman–Crippen LogP) is 2.78. The molecular formula is C17H27NO3. The lowest BCUT2D eigenvalue weighted by Crippen LogP contribution is -2.23. The molecule has 0 aliphatic carbocycles. The van der Waals surface area contributed by atoms with Crippen LogP contribution in [0.2, 0.25) is 0 Å². The Kier molecular flexibility index (Phi) is 6.33. The maximum absolute atomic E-state index is 6.13. The van der Waals surface area contributed by atoms with Gasteiger partial charge in [0.1, 0.15) is 0 Å². The second kappa shape index (κ2) is 8.25. The summed E-state index contributed by atoms with van der Waals surface area (Å²) in [5, 5.41) is 0. The molecule has 1 aliphatic rings. The first-order valence-electron chi connectivity index (χ1n) is 7.91. The van der Waals surface area contributed by atoms with Crippen LogP contribution >= 0.6 is 0 Å². The Hall–Kier alpha value is -1.26. The average molecular weight is 293 g/mol. The largest absolute Gasteiger partial charge is 0.490 e. The number of hydrogen-bond acceptors (Lipinski definition) is 4. The summed E-state index contributed by atoms with van der Waals surface area (Å²) < 4.78 is 17.2. The molecule has 2 rings (SSSR count). The van der Waals surface area contributed by atoms with Crippen molar-refractivity contribution in [2.45, 2.75) is 39.2 Å². The Morgan fingerprint density at radius 1 is 1.29 bits per heavy atom. The quantitative estimate of drug-likeness (QED) is 0.840. The molecule has 1 saturated heterocycles. The third-order valence-electron chi connectivity index (χ3n) is 3.71. The molecule has 1 aliphatic heterocycles. The maximum Gasteiger partial charge on any atom is 0.164 e. The highest BCUT2D eigenvalue weighted by atomic mass is 16.5. The first kappa shape index (κ1) is 16.1. The Morgan fingerprint density at radius 2 is 2.05 bits per heavy atom. The summed E-state index contributed by atoms with van der Waals surface area (Å²) in [6.45, 7) is 7.03. The highest BCUT2D eigenvalue weighted by Gasteiger charge is 2.18. The van der Waals surface area contributed by atoms with E-state index in [4.69, 9.17) is 19.9 Å². The molecule has 0 amide bonds. The van der Waals surface area contributed by atoms with E-state index in [9.17, 15) is 0 Å². The van der Waals surface area contributed by atoms with E-state index in [1.54, 1.807) is 0 Å². The third kappa shape index (κ3) is 4.90. The standard InChI is InChI=1S/C17H27NO3/c1-3-20-16-6-4-5-15(11-13(2)18)17(16)21-12-14-7-9-19-10-8-14/h4-6,13-14H,3,7-12,18H2,1-2H3. The molecule has 2 N–H and O–H groups in total. The minimum atomic E-state index is 0.104. The number of para-hydroxylation sites is 1. The summed E-state index contributed by atoms with van der Waals surface area (Å²) in [5.41, 5.74) is 7.07. The molecule has 4 nitrogen and oxygen atoms in total. The zero-order chi connectivity index (χ0) is 15.1. The molecule has 1 fully saturated rings. The molecule has 1 aromatic rings. The minimum Gasteiger partial charge on any atom is -0.490 e. The molecule has 0 spiro atoms. The maximum atomic E-state index is 6.13. The zero-order valence-corrected chi connectivity index (χ0v) is 13.1. The summed E-state index contributed by atoms with van der Waals surface area (Å²) in [5.74, 6) is 2.25. The van der Waals surface area contributed by atoms with Crippen LogP contribution in [0.1, 0.15) is 32.3 Å². The summed E-state index contributed by atoms with van der Waals surface area (Å²) in [6.07, 6.45) is 2.93. The fourth-order valence-electron chi connectivity index (χ4n) is 2.62. The van der Waals surface area contributed by atoms with Crippen molar-refractivity contribution in [2.24, 2.45) is 11.7 Å². The van der Waals surface area contributed by atoms with Gasteiger partial charge in [0.15, 0.2) is 11.5 Å². The molecule has 1 unspecified atom stereocenters. The molecule has 0 bridgehead atoms. The Morgan fingerprint density at radius 3 is 2.71 bits per heavy atom. The van der Waals surface area contributed by atoms with Crippen LogP contribution in [0.4, 0.5) is 0 Å². The number of benzene rings is 1. The van der Waals surface area contributed by atoms with Crippen LogP contribution < -0.4 is 15.2 Å². The van der Waals surface area contributed by atoms with Crippen molar-refractivity contribution in [2.75, 3.05) is 26.4 Å². The first-order valence-corrected chi connectivity index (χ1v) is 7.91. The Labute approximate surface area is 127 Å². The Bertz CT molecular complexity index is 428. The van der Waals surface area contributed by atoms with Crippen LogP contribution in [0.15, 0.2) is 18.2 Å². The van der Waals surface area contributed by atoms with Crippen LogP contribution in [-0.2, 0) is 11.2 Å². The highest BCUT2D eigenvalue weighted by Crippen LogP contribution is 2.33. The Balaban J connectivity index is 2.08. The molecule has 1 aromatic carbocycles. The van der Waals surface area contributed by atoms with Crippen molar-refractivity contribution in [3.8, 4) is 11.5 Å². The predicted molar refractivity (Wildman–Crippen MR) is 84.0 cm³/mol. The number of nitrogens with two attached hydrogens (primary N) is 1. The van der Waals surface area contributed by atoms with Crippen LogP contribution in [0.3, 0.4) is 0 Å². The van der Waals surface area contributed by atoms with Gasteiger partial charge < -0.3 is 19.9 Å². The van der Waals surface area contributed by atoms with Crippen molar-refractivity contribution < 1.29 is 14.2 Å².